The Morgan fingerprint density at radius 3 is 2.59 bits per heavy atom. The molecular weight excluding hydrogens is 444 g/mol. The minimum Gasteiger partial charge on any atom is -0.467 e. The van der Waals surface area contributed by atoms with Gasteiger partial charge in [0.25, 0.3) is 5.89 Å². The van der Waals surface area contributed by atoms with E-state index in [1.165, 1.54) is 5.56 Å². The fourth-order valence-electron chi connectivity index (χ4n) is 4.24. The van der Waals surface area contributed by atoms with Gasteiger partial charge in [0.05, 0.1) is 24.4 Å². The van der Waals surface area contributed by atoms with Crippen molar-refractivity contribution in [2.45, 2.75) is 39.8 Å². The zero-order valence-corrected chi connectivity index (χ0v) is 20.2. The Bertz CT molecular complexity index is 1340. The normalized spacial score (nSPS) is 16.1. The van der Waals surface area contributed by atoms with Crippen molar-refractivity contribution in [1.29, 1.82) is 0 Å². The fourth-order valence-corrected chi connectivity index (χ4v) is 4.56. The highest BCUT2D eigenvalue weighted by molar-refractivity contribution is 7.80. The van der Waals surface area contributed by atoms with Crippen LogP contribution in [0.4, 0.5) is 0 Å². The van der Waals surface area contributed by atoms with E-state index in [-0.39, 0.29) is 6.04 Å². The number of allylic oxidation sites excluding steroid dienone is 1. The van der Waals surface area contributed by atoms with Gasteiger partial charge in [-0.15, -0.1) is 0 Å². The summed E-state index contributed by atoms with van der Waals surface area (Å²) >= 11 is 5.77. The highest BCUT2D eigenvalue weighted by Gasteiger charge is 2.34. The molecule has 0 spiro atoms. The fraction of sp³-hybridized carbons (Fsp3) is 0.222. The first-order chi connectivity index (χ1) is 16.5. The van der Waals surface area contributed by atoms with Gasteiger partial charge < -0.3 is 19.2 Å². The Labute approximate surface area is 204 Å². The summed E-state index contributed by atoms with van der Waals surface area (Å²) in [4.78, 5) is 6.80. The van der Waals surface area contributed by atoms with Gasteiger partial charge in [-0.3, -0.25) is 0 Å². The third kappa shape index (κ3) is 4.26. The van der Waals surface area contributed by atoms with Crippen LogP contribution >= 0.6 is 12.2 Å². The first-order valence-electron chi connectivity index (χ1n) is 11.3. The summed E-state index contributed by atoms with van der Waals surface area (Å²) in [6.45, 7) is 6.74. The van der Waals surface area contributed by atoms with Crippen molar-refractivity contribution in [3.8, 4) is 11.4 Å². The molecule has 172 valence electrons. The molecule has 1 unspecified atom stereocenters. The molecule has 0 fully saturated rings. The number of aromatic nitrogens is 2. The van der Waals surface area contributed by atoms with Crippen LogP contribution in [0.3, 0.4) is 0 Å². The Balaban J connectivity index is 1.59. The van der Waals surface area contributed by atoms with Crippen LogP contribution in [0, 0.1) is 6.92 Å². The number of benzene rings is 2. The van der Waals surface area contributed by atoms with Crippen molar-refractivity contribution in [3.63, 3.8) is 0 Å². The van der Waals surface area contributed by atoms with Crippen LogP contribution in [-0.2, 0) is 13.0 Å². The molecule has 1 N–H and O–H groups in total. The summed E-state index contributed by atoms with van der Waals surface area (Å²) in [5.41, 5.74) is 6.27. The van der Waals surface area contributed by atoms with E-state index in [4.69, 9.17) is 26.1 Å². The van der Waals surface area contributed by atoms with Crippen molar-refractivity contribution >= 4 is 22.9 Å². The number of aryl methyl sites for hydroxylation is 2. The highest BCUT2D eigenvalue weighted by atomic mass is 32.1. The van der Waals surface area contributed by atoms with Gasteiger partial charge in [0.2, 0.25) is 5.82 Å². The lowest BCUT2D eigenvalue weighted by atomic mass is 9.94. The largest absolute Gasteiger partial charge is 0.467 e. The minimum atomic E-state index is -0.211. The van der Waals surface area contributed by atoms with E-state index in [0.717, 1.165) is 40.1 Å². The lowest BCUT2D eigenvalue weighted by Gasteiger charge is -2.37. The number of rotatable bonds is 6. The van der Waals surface area contributed by atoms with Gasteiger partial charge in [-0.05, 0) is 61.8 Å². The van der Waals surface area contributed by atoms with E-state index in [1.54, 1.807) is 6.26 Å². The maximum absolute atomic E-state index is 5.83. The molecule has 5 rings (SSSR count). The van der Waals surface area contributed by atoms with Gasteiger partial charge in [0.15, 0.2) is 5.11 Å². The van der Waals surface area contributed by atoms with Gasteiger partial charge in [-0.2, -0.15) is 4.98 Å². The first kappa shape index (κ1) is 22.1. The van der Waals surface area contributed by atoms with E-state index in [2.05, 4.69) is 41.7 Å². The molecule has 1 atom stereocenters. The molecule has 4 aromatic rings. The highest BCUT2D eigenvalue weighted by Crippen LogP contribution is 2.38. The van der Waals surface area contributed by atoms with Gasteiger partial charge in [-0.1, -0.05) is 60.1 Å². The predicted octanol–water partition coefficient (Wildman–Crippen LogP) is 6.06. The van der Waals surface area contributed by atoms with Crippen LogP contribution in [0.5, 0.6) is 0 Å². The molecule has 0 bridgehead atoms. The summed E-state index contributed by atoms with van der Waals surface area (Å²) in [6.07, 6.45) is 2.65. The predicted molar refractivity (Wildman–Crippen MR) is 136 cm³/mol. The van der Waals surface area contributed by atoms with E-state index in [0.29, 0.717) is 23.4 Å². The average Bonchev–Trinajstić information content (AvgIpc) is 3.54. The second-order valence-corrected chi connectivity index (χ2v) is 8.82. The van der Waals surface area contributed by atoms with E-state index < -0.39 is 0 Å². The SMILES string of the molecule is CCc1ccc(C2NC(=S)N(Cc3ccco3)C(C)=C2c2nc(-c3cccc(C)c3)no2)cc1. The minimum absolute atomic E-state index is 0.211. The van der Waals surface area contributed by atoms with Crippen molar-refractivity contribution in [2.75, 3.05) is 0 Å². The lowest BCUT2D eigenvalue weighted by molar-refractivity contribution is 0.382. The molecule has 7 heteroatoms. The Morgan fingerprint density at radius 1 is 1.06 bits per heavy atom. The first-order valence-corrected chi connectivity index (χ1v) is 11.8. The van der Waals surface area contributed by atoms with Crippen molar-refractivity contribution < 1.29 is 8.94 Å². The molecule has 3 heterocycles. The zero-order chi connectivity index (χ0) is 23.7. The van der Waals surface area contributed by atoms with Crippen molar-refractivity contribution in [1.82, 2.24) is 20.4 Å². The van der Waals surface area contributed by atoms with E-state index in [1.807, 2.05) is 55.1 Å². The molecule has 1 aliphatic rings. The molecule has 2 aromatic carbocycles. The van der Waals surface area contributed by atoms with Crippen molar-refractivity contribution in [2.24, 2.45) is 0 Å². The number of thiocarbonyl (C=S) groups is 1. The smallest absolute Gasteiger partial charge is 0.258 e. The maximum Gasteiger partial charge on any atom is 0.258 e. The Morgan fingerprint density at radius 2 is 1.88 bits per heavy atom. The molecule has 0 aliphatic carbocycles. The van der Waals surface area contributed by atoms with Crippen LogP contribution in [0.15, 0.2) is 81.6 Å². The van der Waals surface area contributed by atoms with Gasteiger partial charge in [0.1, 0.15) is 5.76 Å². The second kappa shape index (κ2) is 9.27. The van der Waals surface area contributed by atoms with Crippen LogP contribution in [0.2, 0.25) is 0 Å². The van der Waals surface area contributed by atoms with Crippen LogP contribution in [0.25, 0.3) is 17.0 Å². The third-order valence-electron chi connectivity index (χ3n) is 6.14. The number of hydrogen-bond acceptors (Lipinski definition) is 5. The molecule has 2 aromatic heterocycles. The molecule has 6 nitrogen and oxygen atoms in total. The third-order valence-corrected chi connectivity index (χ3v) is 6.48. The number of hydrogen-bond donors (Lipinski definition) is 1. The topological polar surface area (TPSA) is 67.3 Å². The Hall–Kier alpha value is -3.71. The number of nitrogens with one attached hydrogen (secondary N) is 1. The van der Waals surface area contributed by atoms with Crippen molar-refractivity contribution in [3.05, 3.63) is 101 Å². The monoisotopic (exact) mass is 470 g/mol. The van der Waals surface area contributed by atoms with Gasteiger partial charge in [-0.25, -0.2) is 0 Å². The van der Waals surface area contributed by atoms with E-state index in [9.17, 15) is 0 Å². The average molecular weight is 471 g/mol. The maximum atomic E-state index is 5.83. The summed E-state index contributed by atoms with van der Waals surface area (Å²) < 4.78 is 11.4. The quantitative estimate of drug-likeness (QED) is 0.343. The molecule has 34 heavy (non-hydrogen) atoms. The Kier molecular flexibility index (Phi) is 6.02. The summed E-state index contributed by atoms with van der Waals surface area (Å²) in [6, 6.07) is 20.2. The molecule has 0 radical (unpaired) electrons. The summed E-state index contributed by atoms with van der Waals surface area (Å²) in [7, 11) is 0. The number of furan rings is 1. The summed E-state index contributed by atoms with van der Waals surface area (Å²) in [5.74, 6) is 1.85. The lowest BCUT2D eigenvalue weighted by Crippen LogP contribution is -2.45. The molecule has 0 saturated carbocycles. The number of nitrogens with zero attached hydrogens (tertiary/aromatic N) is 3. The second-order valence-electron chi connectivity index (χ2n) is 8.43. The molecule has 0 saturated heterocycles. The van der Waals surface area contributed by atoms with E-state index >= 15 is 0 Å². The van der Waals surface area contributed by atoms with Crippen LogP contribution < -0.4 is 5.32 Å². The van der Waals surface area contributed by atoms with Crippen LogP contribution in [0.1, 0.15) is 48.2 Å². The zero-order valence-electron chi connectivity index (χ0n) is 19.4. The van der Waals surface area contributed by atoms with Crippen LogP contribution in [-0.4, -0.2) is 20.2 Å². The standard InChI is InChI=1S/C27H26N4O2S/c1-4-19-10-12-20(13-11-19)24-23(18(3)31(27(34)28-24)16-22-9-6-14-32-22)26-29-25(30-33-26)21-8-5-7-17(2)15-21/h5-15,24H,4,16H2,1-3H3,(H,28,34). The summed E-state index contributed by atoms with van der Waals surface area (Å²) in [5, 5.41) is 8.42. The molecular formula is C27H26N4O2S. The van der Waals surface area contributed by atoms with Gasteiger partial charge in [0, 0.05) is 11.3 Å². The van der Waals surface area contributed by atoms with Gasteiger partial charge >= 0.3 is 0 Å². The molecule has 0 amide bonds. The molecule has 1 aliphatic heterocycles.